The zero-order valence-corrected chi connectivity index (χ0v) is 20.4. The molecule has 35 heavy (non-hydrogen) atoms. The third-order valence-corrected chi connectivity index (χ3v) is 7.08. The number of aliphatic hydroxyl groups is 1. The zero-order chi connectivity index (χ0) is 24.5. The highest BCUT2D eigenvalue weighted by Crippen LogP contribution is 2.38. The van der Waals surface area contributed by atoms with Gasteiger partial charge in [0.1, 0.15) is 5.65 Å². The summed E-state index contributed by atoms with van der Waals surface area (Å²) in [6, 6.07) is 14.3. The molecule has 0 amide bonds. The molecule has 1 N–H and O–H groups in total. The second-order valence-corrected chi connectivity index (χ2v) is 9.40. The first-order valence-electron chi connectivity index (χ1n) is 12.0. The Bertz CT molecular complexity index is 1390. The Balaban J connectivity index is 1.71. The minimum absolute atomic E-state index is 0.0221. The van der Waals surface area contributed by atoms with Crippen molar-refractivity contribution < 1.29 is 5.11 Å². The molecule has 3 heterocycles. The average Bonchev–Trinajstić information content (AvgIpc) is 3.38. The fraction of sp³-hybridized carbons (Fsp3) is 0.321. The second-order valence-electron chi connectivity index (χ2n) is 9.40. The third-order valence-electron chi connectivity index (χ3n) is 7.08. The summed E-state index contributed by atoms with van der Waals surface area (Å²) in [5.41, 5.74) is 7.02. The van der Waals surface area contributed by atoms with E-state index in [0.717, 1.165) is 71.0 Å². The summed E-state index contributed by atoms with van der Waals surface area (Å²) in [4.78, 5) is 18.2. The summed E-state index contributed by atoms with van der Waals surface area (Å²) in [5, 5.41) is 9.91. The van der Waals surface area contributed by atoms with E-state index in [1.165, 1.54) is 0 Å². The number of hydrogen-bond acceptors (Lipinski definition) is 5. The maximum Gasteiger partial charge on any atom is 0.211 e. The number of benzene rings is 2. The summed E-state index contributed by atoms with van der Waals surface area (Å²) < 4.78 is 2.08. The molecule has 0 saturated carbocycles. The number of aromatic nitrogens is 3. The minimum Gasteiger partial charge on any atom is -0.392 e. The van der Waals surface area contributed by atoms with Gasteiger partial charge in [-0.3, -0.25) is 4.40 Å². The SMILES string of the molecule is [C-]#[N+]c1ccc(-c2nc(N3CCC(N(C)C)CC3)n3ccnc3c2-c2ccc(C)c(CO)c2)cc1. The highest BCUT2D eigenvalue weighted by Gasteiger charge is 2.26. The average molecular weight is 467 g/mol. The van der Waals surface area contributed by atoms with Crippen molar-refractivity contribution in [1.82, 2.24) is 19.3 Å². The molecule has 0 spiro atoms. The van der Waals surface area contributed by atoms with Gasteiger partial charge in [0, 0.05) is 31.5 Å². The number of piperidine rings is 1. The second kappa shape index (κ2) is 9.49. The summed E-state index contributed by atoms with van der Waals surface area (Å²) in [6.45, 7) is 11.2. The normalized spacial score (nSPS) is 14.6. The number of fused-ring (bicyclic) bond motifs is 1. The molecule has 7 nitrogen and oxygen atoms in total. The standard InChI is InChI=1S/C28H30N6O/c1-19-5-6-21(17-22(19)18-35)25-26(20-7-9-23(29-2)10-8-20)31-28(34-16-13-30-27(25)34)33-14-11-24(12-15-33)32(3)4/h5-10,13,16-17,24,35H,11-12,14-15,18H2,1,3-4H3. The molecular formula is C28H30N6O. The van der Waals surface area contributed by atoms with Crippen molar-refractivity contribution in [3.05, 3.63) is 77.4 Å². The van der Waals surface area contributed by atoms with E-state index in [4.69, 9.17) is 16.5 Å². The topological polar surface area (TPSA) is 61.3 Å². The summed E-state index contributed by atoms with van der Waals surface area (Å²) in [7, 11) is 4.29. The number of nitrogens with zero attached hydrogens (tertiary/aromatic N) is 6. The number of aryl methyl sites for hydroxylation is 1. The molecule has 0 radical (unpaired) electrons. The van der Waals surface area contributed by atoms with Crippen LogP contribution in [0.1, 0.15) is 24.0 Å². The number of imidazole rings is 1. The highest BCUT2D eigenvalue weighted by molar-refractivity contribution is 5.91. The molecule has 7 heteroatoms. The molecule has 4 aromatic rings. The molecule has 1 aliphatic rings. The Morgan fingerprint density at radius 2 is 1.80 bits per heavy atom. The maximum absolute atomic E-state index is 9.91. The molecule has 0 bridgehead atoms. The maximum atomic E-state index is 9.91. The number of anilines is 1. The fourth-order valence-corrected chi connectivity index (χ4v) is 4.94. The van der Waals surface area contributed by atoms with Crippen LogP contribution in [0.3, 0.4) is 0 Å². The molecule has 0 aliphatic carbocycles. The van der Waals surface area contributed by atoms with Crippen molar-refractivity contribution in [3.63, 3.8) is 0 Å². The lowest BCUT2D eigenvalue weighted by molar-refractivity contribution is 0.249. The highest BCUT2D eigenvalue weighted by atomic mass is 16.3. The van der Waals surface area contributed by atoms with E-state index >= 15 is 0 Å². The summed E-state index contributed by atoms with van der Waals surface area (Å²) in [6.07, 6.45) is 5.97. The van der Waals surface area contributed by atoms with Crippen LogP contribution in [0.15, 0.2) is 54.9 Å². The molecule has 0 unspecified atom stereocenters. The first-order chi connectivity index (χ1) is 17.0. The molecule has 2 aromatic heterocycles. The van der Waals surface area contributed by atoms with Gasteiger partial charge in [-0.15, -0.1) is 0 Å². The van der Waals surface area contributed by atoms with Crippen molar-refractivity contribution in [3.8, 4) is 22.4 Å². The van der Waals surface area contributed by atoms with E-state index in [9.17, 15) is 5.11 Å². The van der Waals surface area contributed by atoms with Gasteiger partial charge in [0.2, 0.25) is 5.95 Å². The summed E-state index contributed by atoms with van der Waals surface area (Å²) in [5.74, 6) is 0.886. The smallest absolute Gasteiger partial charge is 0.211 e. The van der Waals surface area contributed by atoms with Crippen molar-refractivity contribution in [2.24, 2.45) is 0 Å². The van der Waals surface area contributed by atoms with Gasteiger partial charge in [0.25, 0.3) is 0 Å². The van der Waals surface area contributed by atoms with E-state index in [1.807, 2.05) is 55.7 Å². The predicted molar refractivity (Wildman–Crippen MR) is 140 cm³/mol. The Hall–Kier alpha value is -3.73. The van der Waals surface area contributed by atoms with Crippen LogP contribution < -0.4 is 4.90 Å². The minimum atomic E-state index is -0.0221. The van der Waals surface area contributed by atoms with Gasteiger partial charge in [-0.1, -0.05) is 36.4 Å². The first-order valence-corrected chi connectivity index (χ1v) is 12.0. The van der Waals surface area contributed by atoms with Crippen LogP contribution in [0.25, 0.3) is 32.9 Å². The number of aliphatic hydroxyl groups excluding tert-OH is 1. The van der Waals surface area contributed by atoms with Crippen LogP contribution in [0.2, 0.25) is 0 Å². The first kappa shape index (κ1) is 23.0. The molecule has 1 aliphatic heterocycles. The van der Waals surface area contributed by atoms with Crippen molar-refractivity contribution in [2.75, 3.05) is 32.1 Å². The Labute approximate surface area is 206 Å². The number of hydrogen-bond donors (Lipinski definition) is 1. The van der Waals surface area contributed by atoms with E-state index in [0.29, 0.717) is 11.7 Å². The van der Waals surface area contributed by atoms with Gasteiger partial charge in [-0.2, -0.15) is 0 Å². The number of rotatable bonds is 5. The molecular weight excluding hydrogens is 436 g/mol. The van der Waals surface area contributed by atoms with E-state index in [2.05, 4.69) is 39.2 Å². The fourth-order valence-electron chi connectivity index (χ4n) is 4.94. The van der Waals surface area contributed by atoms with E-state index < -0.39 is 0 Å². The Kier molecular flexibility index (Phi) is 6.25. The lowest BCUT2D eigenvalue weighted by atomic mass is 9.96. The van der Waals surface area contributed by atoms with Gasteiger partial charge >= 0.3 is 0 Å². The molecule has 1 fully saturated rings. The van der Waals surface area contributed by atoms with Crippen LogP contribution in [0.4, 0.5) is 11.6 Å². The van der Waals surface area contributed by atoms with Crippen LogP contribution in [0, 0.1) is 13.5 Å². The van der Waals surface area contributed by atoms with Gasteiger partial charge in [-0.05, 0) is 62.2 Å². The lowest BCUT2D eigenvalue weighted by Gasteiger charge is -2.36. The van der Waals surface area contributed by atoms with E-state index in [1.54, 1.807) is 0 Å². The molecule has 2 aromatic carbocycles. The van der Waals surface area contributed by atoms with Gasteiger partial charge < -0.3 is 14.9 Å². The van der Waals surface area contributed by atoms with Crippen LogP contribution in [-0.2, 0) is 6.61 Å². The van der Waals surface area contributed by atoms with Gasteiger partial charge in [0.15, 0.2) is 5.69 Å². The molecule has 5 rings (SSSR count). The van der Waals surface area contributed by atoms with Crippen molar-refractivity contribution in [2.45, 2.75) is 32.4 Å². The molecule has 178 valence electrons. The predicted octanol–water partition coefficient (Wildman–Crippen LogP) is 4.95. The van der Waals surface area contributed by atoms with Crippen LogP contribution >= 0.6 is 0 Å². The summed E-state index contributed by atoms with van der Waals surface area (Å²) >= 11 is 0. The monoisotopic (exact) mass is 466 g/mol. The van der Waals surface area contributed by atoms with Crippen LogP contribution in [0.5, 0.6) is 0 Å². The van der Waals surface area contributed by atoms with E-state index in [-0.39, 0.29) is 6.61 Å². The Morgan fingerprint density at radius 3 is 2.46 bits per heavy atom. The largest absolute Gasteiger partial charge is 0.392 e. The van der Waals surface area contributed by atoms with Crippen LogP contribution in [-0.4, -0.2) is 57.6 Å². The lowest BCUT2D eigenvalue weighted by Crippen LogP contribution is -2.43. The zero-order valence-electron chi connectivity index (χ0n) is 20.4. The van der Waals surface area contributed by atoms with Gasteiger partial charge in [0.05, 0.1) is 24.4 Å². The van der Waals surface area contributed by atoms with Crippen molar-refractivity contribution >= 4 is 17.3 Å². The Morgan fingerprint density at radius 1 is 1.09 bits per heavy atom. The van der Waals surface area contributed by atoms with Gasteiger partial charge in [-0.25, -0.2) is 14.8 Å². The molecule has 0 atom stereocenters. The third kappa shape index (κ3) is 4.27. The van der Waals surface area contributed by atoms with Crippen molar-refractivity contribution in [1.29, 1.82) is 0 Å². The molecule has 1 saturated heterocycles. The quantitative estimate of drug-likeness (QED) is 0.422.